The van der Waals surface area contributed by atoms with Crippen molar-refractivity contribution in [1.82, 2.24) is 9.80 Å². The second-order valence-corrected chi connectivity index (χ2v) is 8.61. The van der Waals surface area contributed by atoms with Crippen LogP contribution in [0.15, 0.2) is 48.5 Å². The predicted molar refractivity (Wildman–Crippen MR) is 121 cm³/mol. The summed E-state index contributed by atoms with van der Waals surface area (Å²) in [7, 11) is 0. The van der Waals surface area contributed by atoms with Crippen molar-refractivity contribution < 1.29 is 19.4 Å². The summed E-state index contributed by atoms with van der Waals surface area (Å²) in [4.78, 5) is 17.3. The average molecular weight is 437 g/mol. The molecule has 5 nitrogen and oxygen atoms in total. The molecule has 0 aliphatic carbocycles. The first-order chi connectivity index (χ1) is 15.5. The van der Waals surface area contributed by atoms with Gasteiger partial charge in [-0.1, -0.05) is 24.0 Å². The Morgan fingerprint density at radius 2 is 1.81 bits per heavy atom. The fourth-order valence-electron chi connectivity index (χ4n) is 4.88. The highest BCUT2D eigenvalue weighted by molar-refractivity contribution is 5.94. The molecule has 2 heterocycles. The summed E-state index contributed by atoms with van der Waals surface area (Å²) in [5.41, 5.74) is 2.44. The molecule has 2 aromatic carbocycles. The van der Waals surface area contributed by atoms with Crippen LogP contribution in [0.2, 0.25) is 0 Å². The quantitative estimate of drug-likeness (QED) is 0.727. The largest absolute Gasteiger partial charge is 0.395 e. The van der Waals surface area contributed by atoms with E-state index in [9.17, 15) is 19.4 Å². The third kappa shape index (κ3) is 4.71. The van der Waals surface area contributed by atoms with Gasteiger partial charge in [0.05, 0.1) is 6.61 Å². The lowest BCUT2D eigenvalue weighted by atomic mass is 9.74. The lowest BCUT2D eigenvalue weighted by Gasteiger charge is -2.57. The van der Waals surface area contributed by atoms with Crippen LogP contribution in [0.3, 0.4) is 0 Å². The van der Waals surface area contributed by atoms with Gasteiger partial charge in [-0.25, -0.2) is 4.39 Å². The van der Waals surface area contributed by atoms with E-state index in [0.29, 0.717) is 18.7 Å². The lowest BCUT2D eigenvalue weighted by Crippen LogP contribution is -2.67. The van der Waals surface area contributed by atoms with Gasteiger partial charge in [0.25, 0.3) is 5.91 Å². The summed E-state index contributed by atoms with van der Waals surface area (Å²) in [6, 6.07) is 13.8. The SMILES string of the molecule is C[C@@H](O)C#Cc1ccc([C@H]2[C@@H](CO)N3CCCCN(C(=O)c4ccc(F)cc4)C[C@H]23)cc1. The molecule has 0 aromatic heterocycles. The molecular weight excluding hydrogens is 407 g/mol. The second-order valence-electron chi connectivity index (χ2n) is 8.61. The molecule has 1 amide bonds. The minimum absolute atomic E-state index is 0.0234. The van der Waals surface area contributed by atoms with Crippen molar-refractivity contribution >= 4 is 5.91 Å². The van der Waals surface area contributed by atoms with Crippen molar-refractivity contribution in [2.45, 2.75) is 43.9 Å². The molecule has 0 saturated carbocycles. The van der Waals surface area contributed by atoms with E-state index in [-0.39, 0.29) is 36.3 Å². The van der Waals surface area contributed by atoms with Crippen molar-refractivity contribution in [3.63, 3.8) is 0 Å². The van der Waals surface area contributed by atoms with E-state index in [1.54, 1.807) is 6.92 Å². The minimum atomic E-state index is -0.673. The zero-order valence-electron chi connectivity index (χ0n) is 18.2. The Morgan fingerprint density at radius 3 is 2.47 bits per heavy atom. The monoisotopic (exact) mass is 436 g/mol. The van der Waals surface area contributed by atoms with Crippen molar-refractivity contribution in [2.24, 2.45) is 0 Å². The normalized spacial score (nSPS) is 24.2. The third-order valence-electron chi connectivity index (χ3n) is 6.47. The molecule has 32 heavy (non-hydrogen) atoms. The van der Waals surface area contributed by atoms with Crippen LogP contribution in [0.5, 0.6) is 0 Å². The summed E-state index contributed by atoms with van der Waals surface area (Å²) in [6.07, 6.45) is 1.18. The van der Waals surface area contributed by atoms with Gasteiger partial charge in [-0.15, -0.1) is 0 Å². The Hall–Kier alpha value is -2.72. The summed E-state index contributed by atoms with van der Waals surface area (Å²) >= 11 is 0. The molecule has 0 unspecified atom stereocenters. The molecule has 0 radical (unpaired) electrons. The number of nitrogens with zero attached hydrogens (tertiary/aromatic N) is 2. The Morgan fingerprint density at radius 1 is 1.12 bits per heavy atom. The van der Waals surface area contributed by atoms with E-state index in [2.05, 4.69) is 16.7 Å². The highest BCUT2D eigenvalue weighted by Crippen LogP contribution is 2.42. The Balaban J connectivity index is 1.55. The Labute approximate surface area is 188 Å². The average Bonchev–Trinajstić information content (AvgIpc) is 2.77. The second kappa shape index (κ2) is 9.83. The predicted octanol–water partition coefficient (Wildman–Crippen LogP) is 2.62. The van der Waals surface area contributed by atoms with Gasteiger partial charge in [-0.2, -0.15) is 0 Å². The van der Waals surface area contributed by atoms with Gasteiger partial charge in [0, 0.05) is 42.2 Å². The van der Waals surface area contributed by atoms with Gasteiger partial charge in [0.2, 0.25) is 0 Å². The number of fused-ring (bicyclic) bond motifs is 1. The number of rotatable bonds is 3. The summed E-state index contributed by atoms with van der Waals surface area (Å²) in [5.74, 6) is 5.37. The molecule has 6 heteroatoms. The fraction of sp³-hybridized carbons (Fsp3) is 0.423. The molecular formula is C26H29FN2O3. The Kier molecular flexibility index (Phi) is 6.90. The zero-order valence-corrected chi connectivity index (χ0v) is 18.2. The first-order valence-electron chi connectivity index (χ1n) is 11.2. The molecule has 4 rings (SSSR count). The fourth-order valence-corrected chi connectivity index (χ4v) is 4.88. The first kappa shape index (κ1) is 22.5. The van der Waals surface area contributed by atoms with Crippen molar-refractivity contribution in [2.75, 3.05) is 26.2 Å². The van der Waals surface area contributed by atoms with Crippen LogP contribution < -0.4 is 0 Å². The number of benzene rings is 2. The number of carbonyl (C=O) groups excluding carboxylic acids is 1. The molecule has 0 spiro atoms. The molecule has 2 aromatic rings. The van der Waals surface area contributed by atoms with Gasteiger partial charge in [-0.05, 0) is 68.3 Å². The van der Waals surface area contributed by atoms with E-state index < -0.39 is 6.10 Å². The molecule has 2 fully saturated rings. The topological polar surface area (TPSA) is 64.0 Å². The van der Waals surface area contributed by atoms with Crippen LogP contribution in [0, 0.1) is 17.7 Å². The van der Waals surface area contributed by atoms with Crippen LogP contribution in [0.25, 0.3) is 0 Å². The van der Waals surface area contributed by atoms with Crippen LogP contribution in [0.1, 0.15) is 47.2 Å². The maximum atomic E-state index is 13.3. The van der Waals surface area contributed by atoms with E-state index in [4.69, 9.17) is 0 Å². The van der Waals surface area contributed by atoms with Gasteiger partial charge >= 0.3 is 0 Å². The third-order valence-corrected chi connectivity index (χ3v) is 6.47. The molecule has 2 N–H and O–H groups in total. The van der Waals surface area contributed by atoms with E-state index >= 15 is 0 Å². The van der Waals surface area contributed by atoms with Crippen LogP contribution in [0.4, 0.5) is 4.39 Å². The number of hydrogen-bond donors (Lipinski definition) is 2. The number of aliphatic hydroxyl groups excluding tert-OH is 2. The number of aliphatic hydroxyl groups is 2. The van der Waals surface area contributed by atoms with Crippen molar-refractivity contribution in [3.05, 3.63) is 71.0 Å². The van der Waals surface area contributed by atoms with E-state index in [0.717, 1.165) is 30.5 Å². The number of halogens is 1. The molecule has 4 atom stereocenters. The number of carbonyl (C=O) groups is 1. The smallest absolute Gasteiger partial charge is 0.253 e. The molecule has 0 bridgehead atoms. The number of amides is 1. The summed E-state index contributed by atoms with van der Waals surface area (Å²) in [5, 5.41) is 19.4. The van der Waals surface area contributed by atoms with E-state index in [1.165, 1.54) is 24.3 Å². The minimum Gasteiger partial charge on any atom is -0.395 e. The van der Waals surface area contributed by atoms with Crippen LogP contribution in [-0.2, 0) is 0 Å². The Bertz CT molecular complexity index is 994. The van der Waals surface area contributed by atoms with Crippen molar-refractivity contribution in [1.29, 1.82) is 0 Å². The van der Waals surface area contributed by atoms with Gasteiger partial charge in [-0.3, -0.25) is 9.69 Å². The van der Waals surface area contributed by atoms with E-state index in [1.807, 2.05) is 29.2 Å². The zero-order chi connectivity index (χ0) is 22.7. The highest BCUT2D eigenvalue weighted by atomic mass is 19.1. The van der Waals surface area contributed by atoms with Gasteiger partial charge < -0.3 is 15.1 Å². The van der Waals surface area contributed by atoms with Gasteiger partial charge in [0.1, 0.15) is 11.9 Å². The highest BCUT2D eigenvalue weighted by Gasteiger charge is 2.49. The molecule has 2 aliphatic rings. The van der Waals surface area contributed by atoms with Crippen LogP contribution in [-0.4, -0.2) is 70.3 Å². The lowest BCUT2D eigenvalue weighted by molar-refractivity contribution is -0.0606. The molecule has 2 saturated heterocycles. The maximum Gasteiger partial charge on any atom is 0.253 e. The van der Waals surface area contributed by atoms with Crippen LogP contribution >= 0.6 is 0 Å². The first-order valence-corrected chi connectivity index (χ1v) is 11.2. The summed E-state index contributed by atoms with van der Waals surface area (Å²) in [6.45, 7) is 3.84. The maximum absolute atomic E-state index is 13.3. The van der Waals surface area contributed by atoms with Crippen molar-refractivity contribution in [3.8, 4) is 11.8 Å². The van der Waals surface area contributed by atoms with Gasteiger partial charge in [0.15, 0.2) is 0 Å². The number of hydrogen-bond acceptors (Lipinski definition) is 4. The standard InChI is InChI=1S/C26H29FN2O3/c1-18(31)4-5-19-6-8-20(9-7-19)25-23-16-28(14-2-3-15-29(23)24(25)17-30)26(32)21-10-12-22(27)13-11-21/h6-13,18,23-25,30-31H,2-3,14-17H2,1H3/t18-,23-,24-,25-/m1/s1. The molecule has 2 aliphatic heterocycles. The summed E-state index contributed by atoms with van der Waals surface area (Å²) < 4.78 is 13.3. The molecule has 168 valence electrons.